The number of esters is 1. The number of pyridine rings is 1. The second-order valence-electron chi connectivity index (χ2n) is 5.97. The highest BCUT2D eigenvalue weighted by Gasteiger charge is 2.18. The number of carbonyl (C=O) groups excluding carboxylic acids is 2. The number of carbonyl (C=O) groups is 2. The average Bonchev–Trinajstić information content (AvgIpc) is 3.36. The largest absolute Gasteiger partial charge is 0.460 e. The quantitative estimate of drug-likeness (QED) is 0.333. The Kier molecular flexibility index (Phi) is 6.41. The molecule has 2 aromatic heterocycles. The zero-order valence-electron chi connectivity index (χ0n) is 14.5. The predicted octanol–water partition coefficient (Wildman–Crippen LogP) is 2.80. The van der Waals surface area contributed by atoms with Crippen molar-refractivity contribution >= 4 is 40.6 Å². The van der Waals surface area contributed by atoms with E-state index in [1.54, 1.807) is 24.3 Å². The molecule has 0 bridgehead atoms. The summed E-state index contributed by atoms with van der Waals surface area (Å²) in [6.07, 6.45) is 3.58. The van der Waals surface area contributed by atoms with Crippen LogP contribution < -0.4 is 5.32 Å². The van der Waals surface area contributed by atoms with Crippen LogP contribution in [0.3, 0.4) is 0 Å². The molecule has 1 amide bonds. The number of amides is 1. The minimum atomic E-state index is -0.518. The van der Waals surface area contributed by atoms with Gasteiger partial charge in [0.1, 0.15) is 18.1 Å². The molecular weight excluding hydrogens is 388 g/mol. The minimum Gasteiger partial charge on any atom is -0.460 e. The lowest BCUT2D eigenvalue weighted by atomic mass is 10.2. The molecule has 0 aromatic carbocycles. The molecule has 1 aliphatic heterocycles. The molecule has 0 saturated carbocycles. The molecule has 1 saturated heterocycles. The summed E-state index contributed by atoms with van der Waals surface area (Å²) in [4.78, 5) is 30.6. The summed E-state index contributed by atoms with van der Waals surface area (Å²) >= 11 is 6.98. The SMILES string of the molecule is N=C(c1ccc(C(=O)OCCNC(=O)c2ccc(Cl)s2)cn1)N1CCCC1. The monoisotopic (exact) mass is 406 g/mol. The maximum absolute atomic E-state index is 12.0. The Morgan fingerprint density at radius 2 is 2.04 bits per heavy atom. The first-order valence-electron chi connectivity index (χ1n) is 8.55. The summed E-state index contributed by atoms with van der Waals surface area (Å²) in [5, 5.41) is 10.8. The molecule has 3 heterocycles. The van der Waals surface area contributed by atoms with Gasteiger partial charge in [-0.2, -0.15) is 0 Å². The third kappa shape index (κ3) is 5.05. The second-order valence-corrected chi connectivity index (χ2v) is 7.69. The van der Waals surface area contributed by atoms with Gasteiger partial charge in [0.15, 0.2) is 0 Å². The van der Waals surface area contributed by atoms with Crippen LogP contribution in [0.15, 0.2) is 30.5 Å². The van der Waals surface area contributed by atoms with Gasteiger partial charge >= 0.3 is 5.97 Å². The summed E-state index contributed by atoms with van der Waals surface area (Å²) < 4.78 is 5.68. The number of nitrogens with zero attached hydrogens (tertiary/aromatic N) is 2. The molecule has 0 unspecified atom stereocenters. The van der Waals surface area contributed by atoms with Crippen molar-refractivity contribution in [2.45, 2.75) is 12.8 Å². The van der Waals surface area contributed by atoms with E-state index in [0.717, 1.165) is 25.9 Å². The highest BCUT2D eigenvalue weighted by molar-refractivity contribution is 7.17. The fraction of sp³-hybridized carbons (Fsp3) is 0.333. The lowest BCUT2D eigenvalue weighted by molar-refractivity contribution is 0.0503. The van der Waals surface area contributed by atoms with Crippen molar-refractivity contribution in [3.63, 3.8) is 0 Å². The number of likely N-dealkylation sites (tertiary alicyclic amines) is 1. The number of hydrogen-bond donors (Lipinski definition) is 2. The average molecular weight is 407 g/mol. The smallest absolute Gasteiger partial charge is 0.339 e. The number of halogens is 1. The van der Waals surface area contributed by atoms with E-state index >= 15 is 0 Å². The molecule has 0 aliphatic carbocycles. The maximum Gasteiger partial charge on any atom is 0.339 e. The van der Waals surface area contributed by atoms with Crippen LogP contribution in [0.1, 0.15) is 38.6 Å². The van der Waals surface area contributed by atoms with E-state index < -0.39 is 5.97 Å². The molecule has 1 fully saturated rings. The van der Waals surface area contributed by atoms with Crippen molar-refractivity contribution in [3.8, 4) is 0 Å². The van der Waals surface area contributed by atoms with Gasteiger partial charge in [0, 0.05) is 19.3 Å². The number of thiophene rings is 1. The molecule has 2 aromatic rings. The van der Waals surface area contributed by atoms with E-state index in [-0.39, 0.29) is 19.1 Å². The first-order chi connectivity index (χ1) is 13.0. The third-order valence-corrected chi connectivity index (χ3v) is 5.31. The summed E-state index contributed by atoms with van der Waals surface area (Å²) in [5.74, 6) is -0.395. The Balaban J connectivity index is 1.44. The molecule has 3 rings (SSSR count). The number of amidine groups is 1. The normalized spacial score (nSPS) is 13.4. The van der Waals surface area contributed by atoms with Crippen LogP contribution in [0.25, 0.3) is 0 Å². The minimum absolute atomic E-state index is 0.0506. The first kappa shape index (κ1) is 19.3. The summed E-state index contributed by atoms with van der Waals surface area (Å²) in [6, 6.07) is 6.55. The highest BCUT2D eigenvalue weighted by Crippen LogP contribution is 2.21. The van der Waals surface area contributed by atoms with Crippen LogP contribution in [0.5, 0.6) is 0 Å². The molecule has 1 aliphatic rings. The topological polar surface area (TPSA) is 95.4 Å². The van der Waals surface area contributed by atoms with Gasteiger partial charge in [0.05, 0.1) is 21.3 Å². The summed E-state index contributed by atoms with van der Waals surface area (Å²) in [7, 11) is 0. The van der Waals surface area contributed by atoms with E-state index in [2.05, 4.69) is 10.3 Å². The van der Waals surface area contributed by atoms with Crippen LogP contribution in [0.4, 0.5) is 0 Å². The van der Waals surface area contributed by atoms with Gasteiger partial charge in [0.2, 0.25) is 0 Å². The number of rotatable bonds is 6. The van der Waals surface area contributed by atoms with Gasteiger partial charge in [-0.1, -0.05) is 11.6 Å². The first-order valence-corrected chi connectivity index (χ1v) is 9.74. The van der Waals surface area contributed by atoms with Crippen LogP contribution in [-0.2, 0) is 4.74 Å². The van der Waals surface area contributed by atoms with Gasteiger partial charge in [-0.05, 0) is 37.1 Å². The van der Waals surface area contributed by atoms with Crippen molar-refractivity contribution in [2.75, 3.05) is 26.2 Å². The molecule has 142 valence electrons. The molecule has 0 spiro atoms. The standard InChI is InChI=1S/C18H19ClN4O3S/c19-15-6-5-14(27-15)17(24)21-7-10-26-18(25)12-3-4-13(22-11-12)16(20)23-8-1-2-9-23/h3-6,11,20H,1-2,7-10H2,(H,21,24). The van der Waals surface area contributed by atoms with Crippen molar-refractivity contribution < 1.29 is 14.3 Å². The molecule has 27 heavy (non-hydrogen) atoms. The number of hydrogen-bond acceptors (Lipinski definition) is 6. The summed E-state index contributed by atoms with van der Waals surface area (Å²) in [6.45, 7) is 1.99. The van der Waals surface area contributed by atoms with Gasteiger partial charge in [-0.3, -0.25) is 15.2 Å². The molecule has 7 nitrogen and oxygen atoms in total. The number of nitrogens with one attached hydrogen (secondary N) is 2. The van der Waals surface area contributed by atoms with E-state index in [4.69, 9.17) is 21.7 Å². The number of aromatic nitrogens is 1. The lowest BCUT2D eigenvalue weighted by Crippen LogP contribution is -2.28. The van der Waals surface area contributed by atoms with E-state index in [1.807, 2.05) is 4.90 Å². The van der Waals surface area contributed by atoms with Crippen LogP contribution >= 0.6 is 22.9 Å². The van der Waals surface area contributed by atoms with Crippen molar-refractivity contribution in [1.29, 1.82) is 5.41 Å². The second kappa shape index (κ2) is 8.96. The maximum atomic E-state index is 12.0. The predicted molar refractivity (Wildman–Crippen MR) is 104 cm³/mol. The Morgan fingerprint density at radius 3 is 2.67 bits per heavy atom. The zero-order valence-corrected chi connectivity index (χ0v) is 16.1. The van der Waals surface area contributed by atoms with E-state index in [0.29, 0.717) is 26.3 Å². The van der Waals surface area contributed by atoms with Gasteiger partial charge in [-0.25, -0.2) is 4.79 Å². The van der Waals surface area contributed by atoms with Crippen molar-refractivity contribution in [3.05, 3.63) is 50.9 Å². The highest BCUT2D eigenvalue weighted by atomic mass is 35.5. The number of ether oxygens (including phenoxy) is 1. The van der Waals surface area contributed by atoms with Crippen LogP contribution in [0.2, 0.25) is 4.34 Å². The molecule has 0 atom stereocenters. The fourth-order valence-electron chi connectivity index (χ4n) is 2.67. The van der Waals surface area contributed by atoms with E-state index in [9.17, 15) is 9.59 Å². The zero-order chi connectivity index (χ0) is 19.2. The van der Waals surface area contributed by atoms with Crippen LogP contribution in [0, 0.1) is 5.41 Å². The molecule has 9 heteroatoms. The van der Waals surface area contributed by atoms with Gasteiger partial charge in [-0.15, -0.1) is 11.3 Å². The van der Waals surface area contributed by atoms with Gasteiger partial charge in [0.25, 0.3) is 5.91 Å². The Bertz CT molecular complexity index is 831. The van der Waals surface area contributed by atoms with Crippen molar-refractivity contribution in [1.82, 2.24) is 15.2 Å². The molecule has 2 N–H and O–H groups in total. The Hall–Kier alpha value is -2.45. The van der Waals surface area contributed by atoms with Crippen molar-refractivity contribution in [2.24, 2.45) is 0 Å². The van der Waals surface area contributed by atoms with Crippen LogP contribution in [-0.4, -0.2) is 53.8 Å². The Labute approximate surface area is 165 Å². The third-order valence-electron chi connectivity index (χ3n) is 4.08. The molecular formula is C18H19ClN4O3S. The van der Waals surface area contributed by atoms with Gasteiger partial charge < -0.3 is 15.0 Å². The lowest BCUT2D eigenvalue weighted by Gasteiger charge is -2.17. The van der Waals surface area contributed by atoms with E-state index in [1.165, 1.54) is 17.5 Å². The Morgan fingerprint density at radius 1 is 1.26 bits per heavy atom. The molecule has 0 radical (unpaired) electrons. The fourth-order valence-corrected chi connectivity index (χ4v) is 3.63. The summed E-state index contributed by atoms with van der Waals surface area (Å²) in [5.41, 5.74) is 0.847.